The Kier molecular flexibility index (Phi) is 6.80. The van der Waals surface area contributed by atoms with Crippen molar-refractivity contribution in [2.75, 3.05) is 33.2 Å². The Bertz CT molecular complexity index is 297. The number of hydrogen-bond donors (Lipinski definition) is 3. The minimum Gasteiger partial charge on any atom is -0.355 e. The lowest BCUT2D eigenvalue weighted by molar-refractivity contribution is -0.126. The molecule has 3 N–H and O–H groups in total. The minimum absolute atomic E-state index is 0.0304. The van der Waals surface area contributed by atoms with E-state index in [1.807, 2.05) is 0 Å². The third kappa shape index (κ3) is 6.02. The van der Waals surface area contributed by atoms with E-state index >= 15 is 0 Å². The number of unbranched alkanes of at least 4 members (excludes halogenated alkanes) is 1. The summed E-state index contributed by atoms with van der Waals surface area (Å²) in [7, 11) is 2.11. The summed E-state index contributed by atoms with van der Waals surface area (Å²) in [6.07, 6.45) is 2.05. The Hall–Kier alpha value is -1.14. The second-order valence-corrected chi connectivity index (χ2v) is 5.31. The van der Waals surface area contributed by atoms with Crippen LogP contribution in [0.4, 0.5) is 0 Å². The Morgan fingerprint density at radius 2 is 2.21 bits per heavy atom. The smallest absolute Gasteiger partial charge is 0.238 e. The maximum absolute atomic E-state index is 11.8. The number of hydrogen-bond acceptors (Lipinski definition) is 4. The summed E-state index contributed by atoms with van der Waals surface area (Å²) in [6.45, 7) is 6.68. The SMILES string of the molecule is CC(C)N(C)CCCCNC(=O)C1CNC(=O)CN1. The van der Waals surface area contributed by atoms with Gasteiger partial charge < -0.3 is 15.5 Å². The van der Waals surface area contributed by atoms with Gasteiger partial charge in [0.25, 0.3) is 0 Å². The monoisotopic (exact) mass is 270 g/mol. The van der Waals surface area contributed by atoms with E-state index in [1.54, 1.807) is 0 Å². The molecule has 0 saturated carbocycles. The van der Waals surface area contributed by atoms with E-state index in [2.05, 4.69) is 41.7 Å². The molecule has 0 aromatic carbocycles. The van der Waals surface area contributed by atoms with E-state index in [0.29, 0.717) is 19.1 Å². The Balaban J connectivity index is 2.06. The highest BCUT2D eigenvalue weighted by molar-refractivity contribution is 5.86. The number of carbonyl (C=O) groups is 2. The van der Waals surface area contributed by atoms with Crippen molar-refractivity contribution in [3.8, 4) is 0 Å². The Labute approximate surface area is 115 Å². The van der Waals surface area contributed by atoms with Crippen molar-refractivity contribution in [1.82, 2.24) is 20.9 Å². The molecule has 110 valence electrons. The number of piperazine rings is 1. The Morgan fingerprint density at radius 3 is 2.79 bits per heavy atom. The van der Waals surface area contributed by atoms with Gasteiger partial charge in [-0.2, -0.15) is 0 Å². The summed E-state index contributed by atoms with van der Waals surface area (Å²) in [5, 5.41) is 8.48. The van der Waals surface area contributed by atoms with Crippen molar-refractivity contribution in [2.45, 2.75) is 38.8 Å². The first kappa shape index (κ1) is 15.9. The highest BCUT2D eigenvalue weighted by atomic mass is 16.2. The molecule has 1 atom stereocenters. The van der Waals surface area contributed by atoms with E-state index in [4.69, 9.17) is 0 Å². The van der Waals surface area contributed by atoms with Crippen LogP contribution < -0.4 is 16.0 Å². The maximum atomic E-state index is 11.8. The molecule has 1 heterocycles. The van der Waals surface area contributed by atoms with Gasteiger partial charge in [0.1, 0.15) is 6.04 Å². The summed E-state index contributed by atoms with van der Waals surface area (Å²) in [5.41, 5.74) is 0. The first-order chi connectivity index (χ1) is 9.00. The summed E-state index contributed by atoms with van der Waals surface area (Å²) in [4.78, 5) is 25.0. The van der Waals surface area contributed by atoms with Gasteiger partial charge in [0.2, 0.25) is 11.8 Å². The van der Waals surface area contributed by atoms with Gasteiger partial charge in [-0.25, -0.2) is 0 Å². The minimum atomic E-state index is -0.295. The van der Waals surface area contributed by atoms with Gasteiger partial charge in [-0.3, -0.25) is 14.9 Å². The van der Waals surface area contributed by atoms with E-state index in [1.165, 1.54) is 0 Å². The molecule has 1 aliphatic heterocycles. The predicted octanol–water partition coefficient (Wildman–Crippen LogP) is -0.689. The molecule has 0 aliphatic carbocycles. The fourth-order valence-electron chi connectivity index (χ4n) is 1.83. The lowest BCUT2D eigenvalue weighted by Crippen LogP contribution is -2.58. The molecule has 2 amide bonds. The standard InChI is InChI=1S/C13H26N4O2/c1-10(2)17(3)7-5-4-6-14-13(19)11-8-16-12(18)9-15-11/h10-11,15H,4-9H2,1-3H3,(H,14,19)(H,16,18). The van der Waals surface area contributed by atoms with Crippen LogP contribution in [0, 0.1) is 0 Å². The molecule has 0 bridgehead atoms. The van der Waals surface area contributed by atoms with Crippen molar-refractivity contribution in [1.29, 1.82) is 0 Å². The topological polar surface area (TPSA) is 73.5 Å². The zero-order chi connectivity index (χ0) is 14.3. The van der Waals surface area contributed by atoms with Crippen LogP contribution in [0.25, 0.3) is 0 Å². The van der Waals surface area contributed by atoms with Gasteiger partial charge in [0, 0.05) is 19.1 Å². The number of carbonyl (C=O) groups excluding carboxylic acids is 2. The van der Waals surface area contributed by atoms with Gasteiger partial charge in [-0.05, 0) is 40.3 Å². The molecule has 0 aromatic heterocycles. The molecule has 1 aliphatic rings. The molecule has 19 heavy (non-hydrogen) atoms. The fraction of sp³-hybridized carbons (Fsp3) is 0.846. The summed E-state index contributed by atoms with van der Waals surface area (Å²) in [5.74, 6) is -0.0852. The van der Waals surface area contributed by atoms with Crippen LogP contribution in [0.5, 0.6) is 0 Å². The quantitative estimate of drug-likeness (QED) is 0.536. The largest absolute Gasteiger partial charge is 0.355 e. The Morgan fingerprint density at radius 1 is 1.47 bits per heavy atom. The normalized spacial score (nSPS) is 19.6. The van der Waals surface area contributed by atoms with E-state index in [9.17, 15) is 9.59 Å². The third-order valence-electron chi connectivity index (χ3n) is 3.45. The zero-order valence-corrected chi connectivity index (χ0v) is 12.2. The highest BCUT2D eigenvalue weighted by Gasteiger charge is 2.22. The molecular formula is C13H26N4O2. The van der Waals surface area contributed by atoms with Gasteiger partial charge >= 0.3 is 0 Å². The number of rotatable bonds is 7. The van der Waals surface area contributed by atoms with Crippen LogP contribution in [0.15, 0.2) is 0 Å². The molecule has 1 rings (SSSR count). The van der Waals surface area contributed by atoms with Crippen LogP contribution in [0.1, 0.15) is 26.7 Å². The molecule has 6 heteroatoms. The molecule has 0 aromatic rings. The number of nitrogens with zero attached hydrogens (tertiary/aromatic N) is 1. The van der Waals surface area contributed by atoms with Gasteiger partial charge in [0.05, 0.1) is 6.54 Å². The molecule has 1 saturated heterocycles. The number of nitrogens with one attached hydrogen (secondary N) is 3. The van der Waals surface area contributed by atoms with E-state index < -0.39 is 0 Å². The maximum Gasteiger partial charge on any atom is 0.238 e. The van der Waals surface area contributed by atoms with Crippen molar-refractivity contribution in [2.24, 2.45) is 0 Å². The van der Waals surface area contributed by atoms with Crippen molar-refractivity contribution >= 4 is 11.8 Å². The molecule has 1 unspecified atom stereocenters. The lowest BCUT2D eigenvalue weighted by Gasteiger charge is -2.23. The molecule has 1 fully saturated rings. The summed E-state index contributed by atoms with van der Waals surface area (Å²) < 4.78 is 0. The highest BCUT2D eigenvalue weighted by Crippen LogP contribution is 1.97. The zero-order valence-electron chi connectivity index (χ0n) is 12.2. The third-order valence-corrected chi connectivity index (χ3v) is 3.45. The second kappa shape index (κ2) is 8.12. The van der Waals surface area contributed by atoms with Crippen molar-refractivity contribution in [3.05, 3.63) is 0 Å². The summed E-state index contributed by atoms with van der Waals surface area (Å²) >= 11 is 0. The molecule has 0 spiro atoms. The summed E-state index contributed by atoms with van der Waals surface area (Å²) in [6, 6.07) is 0.265. The van der Waals surface area contributed by atoms with Crippen LogP contribution in [-0.4, -0.2) is 62.0 Å². The average Bonchev–Trinajstić information content (AvgIpc) is 2.38. The second-order valence-electron chi connectivity index (χ2n) is 5.31. The predicted molar refractivity (Wildman–Crippen MR) is 74.8 cm³/mol. The van der Waals surface area contributed by atoms with Gasteiger partial charge in [-0.1, -0.05) is 0 Å². The molecular weight excluding hydrogens is 244 g/mol. The molecule has 0 radical (unpaired) electrons. The number of amides is 2. The lowest BCUT2D eigenvalue weighted by atomic mass is 10.2. The van der Waals surface area contributed by atoms with Crippen molar-refractivity contribution in [3.63, 3.8) is 0 Å². The molecule has 6 nitrogen and oxygen atoms in total. The van der Waals surface area contributed by atoms with Crippen LogP contribution >= 0.6 is 0 Å². The first-order valence-electron chi connectivity index (χ1n) is 6.98. The van der Waals surface area contributed by atoms with E-state index in [0.717, 1.165) is 19.4 Å². The van der Waals surface area contributed by atoms with Gasteiger partial charge in [-0.15, -0.1) is 0 Å². The van der Waals surface area contributed by atoms with Crippen LogP contribution in [0.2, 0.25) is 0 Å². The van der Waals surface area contributed by atoms with Gasteiger partial charge in [0.15, 0.2) is 0 Å². The van der Waals surface area contributed by atoms with Crippen molar-refractivity contribution < 1.29 is 9.59 Å². The van der Waals surface area contributed by atoms with Crippen LogP contribution in [-0.2, 0) is 9.59 Å². The van der Waals surface area contributed by atoms with Crippen LogP contribution in [0.3, 0.4) is 0 Å². The first-order valence-corrected chi connectivity index (χ1v) is 6.98. The average molecular weight is 270 g/mol. The van der Waals surface area contributed by atoms with E-state index in [-0.39, 0.29) is 24.4 Å². The fourth-order valence-corrected chi connectivity index (χ4v) is 1.83.